The largest absolute Gasteiger partial charge is 0.331 e. The fourth-order valence-corrected chi connectivity index (χ4v) is 5.04. The Balaban J connectivity index is 1.84. The average molecular weight is 408 g/mol. The molecule has 1 saturated heterocycles. The lowest BCUT2D eigenvalue weighted by Crippen LogP contribution is -2.39. The summed E-state index contributed by atoms with van der Waals surface area (Å²) in [6.45, 7) is 0.143. The Kier molecular flexibility index (Phi) is 5.97. The van der Waals surface area contributed by atoms with Crippen LogP contribution in [0.5, 0.6) is 0 Å². The highest BCUT2D eigenvalue weighted by atomic mass is 35.5. The van der Waals surface area contributed by atoms with E-state index in [9.17, 15) is 17.6 Å². The Morgan fingerprint density at radius 3 is 2.67 bits per heavy atom. The lowest BCUT2D eigenvalue weighted by Gasteiger charge is -2.27. The molecule has 1 aliphatic heterocycles. The molecule has 1 amide bonds. The van der Waals surface area contributed by atoms with Crippen LogP contribution in [0, 0.1) is 5.82 Å². The summed E-state index contributed by atoms with van der Waals surface area (Å²) in [5.74, 6) is -0.751. The summed E-state index contributed by atoms with van der Waals surface area (Å²) in [7, 11) is -3.16. The van der Waals surface area contributed by atoms with Crippen LogP contribution in [-0.2, 0) is 21.2 Å². The van der Waals surface area contributed by atoms with Gasteiger partial charge in [0.15, 0.2) is 9.84 Å². The van der Waals surface area contributed by atoms with Crippen LogP contribution in [0.3, 0.4) is 0 Å². The van der Waals surface area contributed by atoms with Gasteiger partial charge in [0.2, 0.25) is 5.91 Å². The van der Waals surface area contributed by atoms with Crippen LogP contribution in [-0.4, -0.2) is 36.8 Å². The highest BCUT2D eigenvalue weighted by Gasteiger charge is 2.34. The molecule has 0 aliphatic carbocycles. The molecule has 2 aromatic carbocycles. The van der Waals surface area contributed by atoms with Gasteiger partial charge in [-0.3, -0.25) is 4.79 Å². The van der Waals surface area contributed by atoms with Gasteiger partial charge in [-0.25, -0.2) is 12.8 Å². The summed E-state index contributed by atoms with van der Waals surface area (Å²) in [6, 6.07) is 12.6. The molecule has 1 heterocycles. The molecule has 1 atom stereocenters. The molecule has 0 spiro atoms. The molecule has 27 heavy (non-hydrogen) atoms. The van der Waals surface area contributed by atoms with Gasteiger partial charge >= 0.3 is 0 Å². The normalized spacial score (nSPS) is 18.7. The molecule has 1 aliphatic rings. The van der Waals surface area contributed by atoms with Crippen molar-refractivity contribution in [1.29, 1.82) is 0 Å². The van der Waals surface area contributed by atoms with Gasteiger partial charge in [-0.15, -0.1) is 0 Å². The number of hydrogen-bond acceptors (Lipinski definition) is 3. The first kappa shape index (κ1) is 19.6. The number of sulfone groups is 1. The van der Waals surface area contributed by atoms with Crippen LogP contribution >= 0.6 is 11.6 Å². The third-order valence-corrected chi connectivity index (χ3v) is 6.58. The first-order chi connectivity index (χ1) is 12.8. The summed E-state index contributed by atoms with van der Waals surface area (Å²) in [5, 5.41) is 0.515. The van der Waals surface area contributed by atoms with Crippen molar-refractivity contribution >= 4 is 33.4 Å². The van der Waals surface area contributed by atoms with Gasteiger partial charge in [0.1, 0.15) is 5.82 Å². The molecule has 3 rings (SSSR count). The lowest BCUT2D eigenvalue weighted by molar-refractivity contribution is -0.128. The SMILES string of the molecule is O=C(C=Cc1ccccc1Cl)N(Cc1cccc(F)c1)C1CCS(=O)(=O)C1. The molecular formula is C20H19ClFNO3S. The van der Waals surface area contributed by atoms with E-state index in [1.165, 1.54) is 23.1 Å². The Morgan fingerprint density at radius 1 is 1.22 bits per heavy atom. The maximum absolute atomic E-state index is 13.5. The summed E-state index contributed by atoms with van der Waals surface area (Å²) < 4.78 is 37.2. The predicted octanol–water partition coefficient (Wildman–Crippen LogP) is 3.71. The quantitative estimate of drug-likeness (QED) is 0.710. The van der Waals surface area contributed by atoms with Gasteiger partial charge in [-0.1, -0.05) is 41.9 Å². The Labute approximate surface area is 163 Å². The molecule has 4 nitrogen and oxygen atoms in total. The standard InChI is InChI=1S/C20H19ClFNO3S/c21-19-7-2-1-5-16(19)8-9-20(24)23(18-10-11-27(25,26)14-18)13-15-4-3-6-17(22)12-15/h1-9,12,18H,10-11,13-14H2. The van der Waals surface area contributed by atoms with E-state index in [2.05, 4.69) is 0 Å². The predicted molar refractivity (Wildman–Crippen MR) is 104 cm³/mol. The van der Waals surface area contributed by atoms with Crippen LogP contribution in [0.1, 0.15) is 17.5 Å². The summed E-state index contributed by atoms with van der Waals surface area (Å²) in [5.41, 5.74) is 1.30. The van der Waals surface area contributed by atoms with Gasteiger partial charge in [-0.2, -0.15) is 0 Å². The minimum Gasteiger partial charge on any atom is -0.331 e. The Hall–Kier alpha value is -2.18. The second kappa shape index (κ2) is 8.23. The number of amides is 1. The third-order valence-electron chi connectivity index (χ3n) is 4.48. The maximum Gasteiger partial charge on any atom is 0.247 e. The molecule has 0 bridgehead atoms. The molecule has 0 aromatic heterocycles. The van der Waals surface area contributed by atoms with Crippen LogP contribution in [0.15, 0.2) is 54.6 Å². The first-order valence-corrected chi connectivity index (χ1v) is 10.7. The number of benzene rings is 2. The van der Waals surface area contributed by atoms with E-state index in [1.807, 2.05) is 6.07 Å². The Bertz CT molecular complexity index is 975. The monoisotopic (exact) mass is 407 g/mol. The lowest BCUT2D eigenvalue weighted by atomic mass is 10.1. The fourth-order valence-electron chi connectivity index (χ4n) is 3.11. The number of carbonyl (C=O) groups is 1. The van der Waals surface area contributed by atoms with Gasteiger partial charge in [0.05, 0.1) is 11.5 Å². The fraction of sp³-hybridized carbons (Fsp3) is 0.250. The molecule has 0 saturated carbocycles. The van der Waals surface area contributed by atoms with E-state index in [4.69, 9.17) is 11.6 Å². The van der Waals surface area contributed by atoms with Crippen molar-refractivity contribution in [3.8, 4) is 0 Å². The molecular weight excluding hydrogens is 389 g/mol. The van der Waals surface area contributed by atoms with Crippen molar-refractivity contribution in [3.05, 3.63) is 76.6 Å². The second-order valence-electron chi connectivity index (χ2n) is 6.51. The van der Waals surface area contributed by atoms with E-state index in [1.54, 1.807) is 36.4 Å². The van der Waals surface area contributed by atoms with Crippen molar-refractivity contribution < 1.29 is 17.6 Å². The van der Waals surface area contributed by atoms with E-state index in [0.717, 1.165) is 0 Å². The van der Waals surface area contributed by atoms with Crippen molar-refractivity contribution in [3.63, 3.8) is 0 Å². The first-order valence-electron chi connectivity index (χ1n) is 8.52. The van der Waals surface area contributed by atoms with Crippen LogP contribution in [0.4, 0.5) is 4.39 Å². The number of rotatable bonds is 5. The van der Waals surface area contributed by atoms with Crippen molar-refractivity contribution in [2.24, 2.45) is 0 Å². The van der Waals surface area contributed by atoms with Crippen molar-refractivity contribution in [2.75, 3.05) is 11.5 Å². The zero-order valence-electron chi connectivity index (χ0n) is 14.5. The molecule has 2 aromatic rings. The van der Waals surface area contributed by atoms with E-state index in [-0.39, 0.29) is 24.0 Å². The van der Waals surface area contributed by atoms with E-state index in [0.29, 0.717) is 22.6 Å². The van der Waals surface area contributed by atoms with E-state index >= 15 is 0 Å². The summed E-state index contributed by atoms with van der Waals surface area (Å²) in [6.07, 6.45) is 3.36. The topological polar surface area (TPSA) is 54.5 Å². The number of carbonyl (C=O) groups excluding carboxylic acids is 1. The second-order valence-corrected chi connectivity index (χ2v) is 9.14. The van der Waals surface area contributed by atoms with Gasteiger partial charge in [-0.05, 0) is 41.8 Å². The molecule has 0 N–H and O–H groups in total. The summed E-state index contributed by atoms with van der Waals surface area (Å²) >= 11 is 6.10. The smallest absolute Gasteiger partial charge is 0.247 e. The zero-order chi connectivity index (χ0) is 19.4. The number of halogens is 2. The molecule has 142 valence electrons. The minimum absolute atomic E-state index is 0.0544. The zero-order valence-corrected chi connectivity index (χ0v) is 16.1. The van der Waals surface area contributed by atoms with Gasteiger partial charge in [0.25, 0.3) is 0 Å². The molecule has 1 unspecified atom stereocenters. The van der Waals surface area contributed by atoms with Crippen LogP contribution in [0.2, 0.25) is 5.02 Å². The van der Waals surface area contributed by atoms with Crippen LogP contribution in [0.25, 0.3) is 6.08 Å². The van der Waals surface area contributed by atoms with Crippen LogP contribution < -0.4 is 0 Å². The summed E-state index contributed by atoms with van der Waals surface area (Å²) in [4.78, 5) is 14.3. The Morgan fingerprint density at radius 2 is 2.00 bits per heavy atom. The number of hydrogen-bond donors (Lipinski definition) is 0. The minimum atomic E-state index is -3.16. The third kappa shape index (κ3) is 5.17. The van der Waals surface area contributed by atoms with Crippen molar-refractivity contribution in [2.45, 2.75) is 19.0 Å². The maximum atomic E-state index is 13.5. The number of nitrogens with zero attached hydrogens (tertiary/aromatic N) is 1. The molecule has 0 radical (unpaired) electrons. The van der Waals surface area contributed by atoms with Crippen molar-refractivity contribution in [1.82, 2.24) is 4.90 Å². The molecule has 7 heteroatoms. The highest BCUT2D eigenvalue weighted by molar-refractivity contribution is 7.91. The van der Waals surface area contributed by atoms with Gasteiger partial charge in [0, 0.05) is 23.7 Å². The average Bonchev–Trinajstić information content (AvgIpc) is 2.98. The van der Waals surface area contributed by atoms with Gasteiger partial charge < -0.3 is 4.90 Å². The highest BCUT2D eigenvalue weighted by Crippen LogP contribution is 2.22. The van der Waals surface area contributed by atoms with E-state index < -0.39 is 21.7 Å². The molecule has 1 fully saturated rings.